The lowest BCUT2D eigenvalue weighted by molar-refractivity contribution is -0.143. The first-order valence-corrected chi connectivity index (χ1v) is 15.9. The monoisotopic (exact) mass is 632 g/mol. The van der Waals surface area contributed by atoms with Gasteiger partial charge in [0, 0.05) is 47.5 Å². The Kier molecular flexibility index (Phi) is 10.3. The average Bonchev–Trinajstić information content (AvgIpc) is 3.03. The average molecular weight is 633 g/mol. The van der Waals surface area contributed by atoms with Crippen LogP contribution in [0, 0.1) is 11.6 Å². The Balaban J connectivity index is 1.62. The molecule has 0 radical (unpaired) electrons. The number of aromatic nitrogens is 2. The number of ether oxygens (including phenoxy) is 1. The maximum atomic E-state index is 14.4. The van der Waals surface area contributed by atoms with Crippen molar-refractivity contribution in [2.24, 2.45) is 0 Å². The molecule has 1 atom stereocenters. The molecule has 1 unspecified atom stereocenters. The van der Waals surface area contributed by atoms with E-state index in [2.05, 4.69) is 0 Å². The number of Topliss-reactive ketones (excluding diaryl/α,β-unsaturated/α-hetero) is 1. The fourth-order valence-corrected chi connectivity index (χ4v) is 6.17. The summed E-state index contributed by atoms with van der Waals surface area (Å²) in [7, 11) is 0. The molecule has 2 aromatic heterocycles. The maximum Gasteiger partial charge on any atom is 0.305 e. The number of rotatable bonds is 14. The van der Waals surface area contributed by atoms with Crippen molar-refractivity contribution in [1.82, 2.24) is 9.13 Å². The minimum Gasteiger partial charge on any atom is -0.466 e. The molecule has 0 spiro atoms. The molecule has 0 aliphatic rings. The van der Waals surface area contributed by atoms with Gasteiger partial charge in [-0.2, -0.15) is 0 Å². The molecule has 1 N–H and O–H groups in total. The first-order chi connectivity index (χ1) is 22.1. The molecule has 0 saturated carbocycles. The second-order valence-electron chi connectivity index (χ2n) is 11.7. The SMILES string of the molecule is CCOC(=O)CCCCCn1c2ccc(F)cc2c(=O)c2cc3c(cc21)c(=O)c1cc(F)ccc1n3CCCCCC(=O)C(C)O. The van der Waals surface area contributed by atoms with E-state index in [9.17, 15) is 33.1 Å². The van der Waals surface area contributed by atoms with Crippen LogP contribution in [0.15, 0.2) is 58.1 Å². The van der Waals surface area contributed by atoms with Gasteiger partial charge in [0.15, 0.2) is 16.6 Å². The van der Waals surface area contributed by atoms with E-state index in [1.165, 1.54) is 31.2 Å². The number of pyridine rings is 2. The lowest BCUT2D eigenvalue weighted by Gasteiger charge is -2.19. The molecule has 46 heavy (non-hydrogen) atoms. The molecule has 3 aromatic carbocycles. The first-order valence-electron chi connectivity index (χ1n) is 15.9. The van der Waals surface area contributed by atoms with Crippen LogP contribution in [-0.4, -0.2) is 38.7 Å². The highest BCUT2D eigenvalue weighted by molar-refractivity contribution is 6.03. The van der Waals surface area contributed by atoms with E-state index >= 15 is 0 Å². The second-order valence-corrected chi connectivity index (χ2v) is 11.7. The minimum atomic E-state index is -1.01. The first kappa shape index (κ1) is 32.9. The number of benzene rings is 3. The molecule has 2 heterocycles. The second kappa shape index (κ2) is 14.3. The van der Waals surface area contributed by atoms with Gasteiger partial charge in [-0.25, -0.2) is 8.78 Å². The molecule has 0 fully saturated rings. The van der Waals surface area contributed by atoms with Crippen LogP contribution >= 0.6 is 0 Å². The van der Waals surface area contributed by atoms with Crippen molar-refractivity contribution in [1.29, 1.82) is 0 Å². The van der Waals surface area contributed by atoms with Crippen molar-refractivity contribution in [2.75, 3.05) is 6.61 Å². The van der Waals surface area contributed by atoms with Crippen molar-refractivity contribution in [3.8, 4) is 0 Å². The van der Waals surface area contributed by atoms with Crippen LogP contribution in [0.1, 0.15) is 65.2 Å². The standard InChI is InChI=1S/C36H38F2N2O6/c1-3-46-34(43)11-7-5-9-17-40-30-15-13-24(38)19-26(30)36(45)28-20-31-27(21-32(28)40)35(44)25-18-23(37)12-14-29(25)39(31)16-8-4-6-10-33(42)22(2)41/h12-15,18-22,41H,3-11,16-17H2,1-2H3. The van der Waals surface area contributed by atoms with Gasteiger partial charge in [-0.15, -0.1) is 0 Å². The van der Waals surface area contributed by atoms with Crippen LogP contribution in [0.25, 0.3) is 43.6 Å². The highest BCUT2D eigenvalue weighted by Gasteiger charge is 2.18. The fraction of sp³-hybridized carbons (Fsp3) is 0.389. The zero-order valence-electron chi connectivity index (χ0n) is 26.1. The highest BCUT2D eigenvalue weighted by atomic mass is 19.1. The van der Waals surface area contributed by atoms with Gasteiger partial charge in [-0.3, -0.25) is 19.2 Å². The number of halogens is 2. The fourth-order valence-electron chi connectivity index (χ4n) is 6.17. The molecular formula is C36H38F2N2O6. The predicted molar refractivity (Wildman–Crippen MR) is 175 cm³/mol. The maximum absolute atomic E-state index is 14.4. The molecule has 5 rings (SSSR count). The molecule has 10 heteroatoms. The Bertz CT molecular complexity index is 2060. The van der Waals surface area contributed by atoms with E-state index in [1.807, 2.05) is 9.13 Å². The van der Waals surface area contributed by atoms with Crippen molar-refractivity contribution >= 4 is 55.4 Å². The number of fused-ring (bicyclic) bond motifs is 4. The van der Waals surface area contributed by atoms with Gasteiger partial charge in [0.2, 0.25) is 0 Å². The zero-order valence-corrected chi connectivity index (χ0v) is 26.1. The minimum absolute atomic E-state index is 0.215. The van der Waals surface area contributed by atoms with Crippen molar-refractivity contribution < 1.29 is 28.2 Å². The molecule has 0 aliphatic heterocycles. The van der Waals surface area contributed by atoms with Crippen molar-refractivity contribution in [2.45, 2.75) is 84.4 Å². The number of carbonyl (C=O) groups excluding carboxylic acids is 2. The van der Waals surface area contributed by atoms with Gasteiger partial charge in [0.05, 0.1) is 28.7 Å². The molecule has 0 amide bonds. The van der Waals surface area contributed by atoms with E-state index in [0.717, 1.165) is 0 Å². The lowest BCUT2D eigenvalue weighted by atomic mass is 10.0. The third-order valence-electron chi connectivity index (χ3n) is 8.51. The topological polar surface area (TPSA) is 108 Å². The van der Waals surface area contributed by atoms with Crippen LogP contribution in [0.4, 0.5) is 8.78 Å². The number of carbonyl (C=O) groups is 2. The van der Waals surface area contributed by atoms with E-state index < -0.39 is 17.7 Å². The summed E-state index contributed by atoms with van der Waals surface area (Å²) in [6.07, 6.45) is 3.44. The number of aryl methyl sites for hydroxylation is 2. The van der Waals surface area contributed by atoms with E-state index in [1.54, 1.807) is 31.2 Å². The Labute approximate surface area is 264 Å². The van der Waals surface area contributed by atoms with Crippen molar-refractivity contribution in [3.05, 3.63) is 80.6 Å². The number of ketones is 1. The molecule has 5 aromatic rings. The van der Waals surface area contributed by atoms with Gasteiger partial charge in [-0.05, 0) is 88.1 Å². The van der Waals surface area contributed by atoms with Crippen LogP contribution in [0.3, 0.4) is 0 Å². The number of nitrogens with zero attached hydrogens (tertiary/aromatic N) is 2. The van der Waals surface area contributed by atoms with E-state index in [4.69, 9.17) is 4.74 Å². The van der Waals surface area contributed by atoms with Gasteiger partial charge in [0.25, 0.3) is 0 Å². The smallest absolute Gasteiger partial charge is 0.305 e. The Morgan fingerprint density at radius 3 is 1.61 bits per heavy atom. The number of hydrogen-bond donors (Lipinski definition) is 1. The summed E-state index contributed by atoms with van der Waals surface area (Å²) in [5.41, 5.74) is 1.34. The summed E-state index contributed by atoms with van der Waals surface area (Å²) in [5, 5.41) is 10.6. The molecule has 8 nitrogen and oxygen atoms in total. The molecule has 0 saturated heterocycles. The van der Waals surface area contributed by atoms with E-state index in [0.29, 0.717) is 97.5 Å². The Morgan fingerprint density at radius 2 is 1.15 bits per heavy atom. The molecular weight excluding hydrogens is 594 g/mol. The predicted octanol–water partition coefficient (Wildman–Crippen LogP) is 6.53. The number of esters is 1. The van der Waals surface area contributed by atoms with Gasteiger partial charge < -0.3 is 19.0 Å². The van der Waals surface area contributed by atoms with Gasteiger partial charge >= 0.3 is 5.97 Å². The van der Waals surface area contributed by atoms with Crippen molar-refractivity contribution in [3.63, 3.8) is 0 Å². The molecule has 0 aliphatic carbocycles. The van der Waals surface area contributed by atoms with Crippen LogP contribution in [0.2, 0.25) is 0 Å². The third kappa shape index (κ3) is 6.87. The van der Waals surface area contributed by atoms with Crippen LogP contribution in [-0.2, 0) is 27.4 Å². The summed E-state index contributed by atoms with van der Waals surface area (Å²) in [6, 6.07) is 11.5. The largest absolute Gasteiger partial charge is 0.466 e. The van der Waals surface area contributed by atoms with Crippen LogP contribution < -0.4 is 10.9 Å². The highest BCUT2D eigenvalue weighted by Crippen LogP contribution is 2.28. The number of aliphatic hydroxyl groups is 1. The number of hydrogen-bond acceptors (Lipinski definition) is 6. The Hall–Kier alpha value is -4.44. The van der Waals surface area contributed by atoms with E-state index in [-0.39, 0.29) is 39.8 Å². The normalized spacial score (nSPS) is 12.4. The zero-order chi connectivity index (χ0) is 33.0. The van der Waals surface area contributed by atoms with Gasteiger partial charge in [0.1, 0.15) is 17.7 Å². The summed E-state index contributed by atoms with van der Waals surface area (Å²) >= 11 is 0. The van der Waals surface area contributed by atoms with Crippen LogP contribution in [0.5, 0.6) is 0 Å². The summed E-state index contributed by atoms with van der Waals surface area (Å²) in [5.74, 6) is -1.55. The number of aliphatic hydroxyl groups excluding tert-OH is 1. The molecule has 0 bridgehead atoms. The van der Waals surface area contributed by atoms with Gasteiger partial charge in [-0.1, -0.05) is 12.8 Å². The summed E-state index contributed by atoms with van der Waals surface area (Å²) in [6.45, 7) is 4.42. The summed E-state index contributed by atoms with van der Waals surface area (Å²) in [4.78, 5) is 51.3. The lowest BCUT2D eigenvalue weighted by Crippen LogP contribution is -2.16. The Morgan fingerprint density at radius 1 is 0.696 bits per heavy atom. The number of unbranched alkanes of at least 4 members (excludes halogenated alkanes) is 4. The molecule has 242 valence electrons. The summed E-state index contributed by atoms with van der Waals surface area (Å²) < 4.78 is 37.6. The third-order valence-corrected chi connectivity index (χ3v) is 8.51. The quantitative estimate of drug-likeness (QED) is 0.0847.